The predicted molar refractivity (Wildman–Crippen MR) is 100 cm³/mol. The zero-order chi connectivity index (χ0) is 18.7. The lowest BCUT2D eigenvalue weighted by Crippen LogP contribution is -2.28. The van der Waals surface area contributed by atoms with E-state index in [0.29, 0.717) is 31.0 Å². The molecule has 0 aromatic heterocycles. The molecule has 3 atom stereocenters. The topological polar surface area (TPSA) is 74.6 Å². The van der Waals surface area contributed by atoms with Crippen LogP contribution in [0.25, 0.3) is 0 Å². The molecule has 0 bridgehead atoms. The second-order valence-electron chi connectivity index (χ2n) is 7.72. The zero-order valence-electron chi connectivity index (χ0n) is 16.0. The molecule has 4 heteroatoms. The van der Waals surface area contributed by atoms with Crippen molar-refractivity contribution in [2.45, 2.75) is 97.0 Å². The molecule has 144 valence electrons. The highest BCUT2D eigenvalue weighted by Crippen LogP contribution is 2.45. The third-order valence-corrected chi connectivity index (χ3v) is 5.69. The summed E-state index contributed by atoms with van der Waals surface area (Å²) in [5.74, 6) is -0.434. The van der Waals surface area contributed by atoms with E-state index in [1.54, 1.807) is 0 Å². The summed E-state index contributed by atoms with van der Waals surface area (Å²) in [6.45, 7) is 4.31. The monoisotopic (exact) mass is 352 g/mol. The lowest BCUT2D eigenvalue weighted by atomic mass is 9.74. The number of carboxylic acid groups (broad SMARTS) is 1. The molecule has 2 N–H and O–H groups in total. The Kier molecular flexibility index (Phi) is 10.0. The first kappa shape index (κ1) is 21.9. The van der Waals surface area contributed by atoms with Gasteiger partial charge < -0.3 is 10.2 Å². The van der Waals surface area contributed by atoms with Crippen LogP contribution in [0.15, 0.2) is 12.2 Å². The Hall–Kier alpha value is -1.16. The highest BCUT2D eigenvalue weighted by atomic mass is 16.4. The highest BCUT2D eigenvalue weighted by molar-refractivity contribution is 5.87. The second kappa shape index (κ2) is 11.5. The molecule has 0 aromatic rings. The molecule has 0 saturated heterocycles. The lowest BCUT2D eigenvalue weighted by Gasteiger charge is -2.28. The van der Waals surface area contributed by atoms with Gasteiger partial charge in [0.15, 0.2) is 6.10 Å². The quantitative estimate of drug-likeness (QED) is 0.365. The van der Waals surface area contributed by atoms with Crippen LogP contribution in [0.4, 0.5) is 0 Å². The molecule has 1 aliphatic rings. The summed E-state index contributed by atoms with van der Waals surface area (Å²) in [7, 11) is 0. The number of aliphatic hydroxyl groups excluding tert-OH is 1. The summed E-state index contributed by atoms with van der Waals surface area (Å²) >= 11 is 0. The van der Waals surface area contributed by atoms with Crippen molar-refractivity contribution in [3.05, 3.63) is 12.2 Å². The first-order valence-electron chi connectivity index (χ1n) is 10.0. The maximum atomic E-state index is 12.4. The Bertz CT molecular complexity index is 443. The van der Waals surface area contributed by atoms with Crippen LogP contribution in [0.3, 0.4) is 0 Å². The molecule has 1 fully saturated rings. The molecule has 0 heterocycles. The molecular formula is C21H36O4. The second-order valence-corrected chi connectivity index (χ2v) is 7.72. The molecule has 1 aliphatic carbocycles. The summed E-state index contributed by atoms with van der Waals surface area (Å²) in [4.78, 5) is 23.0. The maximum absolute atomic E-state index is 12.4. The summed E-state index contributed by atoms with van der Waals surface area (Å²) in [6.07, 6.45) is 14.7. The van der Waals surface area contributed by atoms with E-state index in [-0.39, 0.29) is 5.41 Å². The van der Waals surface area contributed by atoms with Gasteiger partial charge in [0.2, 0.25) is 0 Å². The minimum Gasteiger partial charge on any atom is -0.479 e. The van der Waals surface area contributed by atoms with Crippen LogP contribution in [0.2, 0.25) is 0 Å². The van der Waals surface area contributed by atoms with Gasteiger partial charge in [-0.25, -0.2) is 4.79 Å². The van der Waals surface area contributed by atoms with Crippen molar-refractivity contribution in [3.8, 4) is 0 Å². The molecule has 1 saturated carbocycles. The molecule has 1 unspecified atom stereocenters. The number of hydrogen-bond acceptors (Lipinski definition) is 3. The molecule has 25 heavy (non-hydrogen) atoms. The molecule has 0 aliphatic heterocycles. The Labute approximate surface area is 152 Å². The number of carbonyl (C=O) groups is 2. The van der Waals surface area contributed by atoms with Crippen molar-refractivity contribution in [3.63, 3.8) is 0 Å². The number of unbranched alkanes of at least 4 members (excludes halogenated alkanes) is 6. The Morgan fingerprint density at radius 3 is 2.64 bits per heavy atom. The average Bonchev–Trinajstić information content (AvgIpc) is 2.85. The molecule has 0 aromatic carbocycles. The zero-order valence-corrected chi connectivity index (χ0v) is 16.0. The van der Waals surface area contributed by atoms with E-state index < -0.39 is 12.1 Å². The lowest BCUT2D eigenvalue weighted by molar-refractivity contribution is -0.146. The van der Waals surface area contributed by atoms with Gasteiger partial charge in [0.05, 0.1) is 0 Å². The third kappa shape index (κ3) is 7.31. The van der Waals surface area contributed by atoms with Crippen molar-refractivity contribution in [1.82, 2.24) is 0 Å². The van der Waals surface area contributed by atoms with Crippen molar-refractivity contribution in [2.24, 2.45) is 11.3 Å². The van der Waals surface area contributed by atoms with Crippen LogP contribution in [0.5, 0.6) is 0 Å². The van der Waals surface area contributed by atoms with Crippen molar-refractivity contribution in [2.75, 3.05) is 0 Å². The number of ketones is 1. The van der Waals surface area contributed by atoms with Gasteiger partial charge in [-0.1, -0.05) is 64.5 Å². The van der Waals surface area contributed by atoms with Gasteiger partial charge >= 0.3 is 5.97 Å². The molecule has 4 nitrogen and oxygen atoms in total. The number of hydrogen-bond donors (Lipinski definition) is 2. The summed E-state index contributed by atoms with van der Waals surface area (Å²) < 4.78 is 0. The Morgan fingerprint density at radius 2 is 1.96 bits per heavy atom. The largest absolute Gasteiger partial charge is 0.479 e. The SMILES string of the molecule is CCCCCCC=C[C@H]1CCC(=O)[C@]1(C)CCCCCC(O)C(=O)O. The van der Waals surface area contributed by atoms with Gasteiger partial charge in [-0.3, -0.25) is 4.79 Å². The fourth-order valence-electron chi connectivity index (χ4n) is 3.81. The maximum Gasteiger partial charge on any atom is 0.332 e. The molecule has 1 rings (SSSR count). The first-order valence-corrected chi connectivity index (χ1v) is 10.0. The van der Waals surface area contributed by atoms with E-state index in [2.05, 4.69) is 26.0 Å². The number of carbonyl (C=O) groups excluding carboxylic acids is 1. The molecule has 0 radical (unpaired) electrons. The minimum atomic E-state index is -1.26. The average molecular weight is 353 g/mol. The highest BCUT2D eigenvalue weighted by Gasteiger charge is 2.43. The molecular weight excluding hydrogens is 316 g/mol. The number of aliphatic hydroxyl groups is 1. The van der Waals surface area contributed by atoms with Crippen molar-refractivity contribution in [1.29, 1.82) is 0 Å². The number of carboxylic acids is 1. The van der Waals surface area contributed by atoms with Gasteiger partial charge in [0.25, 0.3) is 0 Å². The third-order valence-electron chi connectivity index (χ3n) is 5.69. The Morgan fingerprint density at radius 1 is 1.24 bits per heavy atom. The van der Waals surface area contributed by atoms with Crippen LogP contribution >= 0.6 is 0 Å². The summed E-state index contributed by atoms with van der Waals surface area (Å²) in [6, 6.07) is 0. The van der Waals surface area contributed by atoms with E-state index in [1.165, 1.54) is 25.7 Å². The molecule has 0 spiro atoms. The van der Waals surface area contributed by atoms with E-state index in [9.17, 15) is 14.7 Å². The van der Waals surface area contributed by atoms with Crippen LogP contribution in [0.1, 0.15) is 90.9 Å². The number of Topliss-reactive ketones (excluding diaryl/α,β-unsaturated/α-hetero) is 1. The van der Waals surface area contributed by atoms with Gasteiger partial charge in [0.1, 0.15) is 5.78 Å². The van der Waals surface area contributed by atoms with Gasteiger partial charge in [0, 0.05) is 11.8 Å². The van der Waals surface area contributed by atoms with E-state index >= 15 is 0 Å². The van der Waals surface area contributed by atoms with Crippen LogP contribution < -0.4 is 0 Å². The molecule has 0 amide bonds. The fourth-order valence-corrected chi connectivity index (χ4v) is 3.81. The normalized spacial score (nSPS) is 24.9. The number of aliphatic carboxylic acids is 1. The van der Waals surface area contributed by atoms with Gasteiger partial charge in [-0.2, -0.15) is 0 Å². The van der Waals surface area contributed by atoms with E-state index in [4.69, 9.17) is 5.11 Å². The van der Waals surface area contributed by atoms with Crippen LogP contribution in [-0.2, 0) is 9.59 Å². The summed E-state index contributed by atoms with van der Waals surface area (Å²) in [5, 5.41) is 18.0. The van der Waals surface area contributed by atoms with E-state index in [0.717, 1.165) is 32.1 Å². The van der Waals surface area contributed by atoms with Crippen LogP contribution in [-0.4, -0.2) is 28.1 Å². The van der Waals surface area contributed by atoms with Gasteiger partial charge in [-0.05, 0) is 38.0 Å². The van der Waals surface area contributed by atoms with Gasteiger partial charge in [-0.15, -0.1) is 0 Å². The minimum absolute atomic E-state index is 0.259. The van der Waals surface area contributed by atoms with E-state index in [1.807, 2.05) is 0 Å². The van der Waals surface area contributed by atoms with Crippen molar-refractivity contribution >= 4 is 11.8 Å². The number of rotatable bonds is 13. The standard InChI is InChI=1S/C21H36O4/c1-3-4-5-6-7-9-12-17-14-15-19(23)21(17,2)16-11-8-10-13-18(22)20(24)25/h9,12,17-18,22H,3-8,10-11,13-16H2,1-2H3,(H,24,25)/t17-,18?,21+/m0/s1. The first-order chi connectivity index (χ1) is 11.9. The predicted octanol–water partition coefficient (Wildman–Crippen LogP) is 4.89. The Balaban J connectivity index is 2.36. The summed E-state index contributed by atoms with van der Waals surface area (Å²) in [5.41, 5.74) is -0.259. The smallest absolute Gasteiger partial charge is 0.332 e. The van der Waals surface area contributed by atoms with Crippen molar-refractivity contribution < 1.29 is 19.8 Å². The van der Waals surface area contributed by atoms with Crippen LogP contribution in [0, 0.1) is 11.3 Å². The fraction of sp³-hybridized carbons (Fsp3) is 0.810. The number of allylic oxidation sites excluding steroid dienone is 2.